The van der Waals surface area contributed by atoms with Crippen molar-refractivity contribution in [1.82, 2.24) is 19.9 Å². The van der Waals surface area contributed by atoms with Gasteiger partial charge >= 0.3 is 0 Å². The van der Waals surface area contributed by atoms with Crippen LogP contribution < -0.4 is 30.1 Å². The molecular formula is C33H38N8O4. The minimum absolute atomic E-state index is 0.133. The molecule has 5 rings (SSSR count). The standard InChI is InChI=1S/C33H38N8O4/c1-6-31(42)36-26-20-27(30(43-5)21-29(26)40(4)17-16-39(2)3)37-32-34-22-35-33(38-32)41-28(15-18-44-41)23-11-10-14-25(19-23)45-24-12-8-7-9-13-24/h6-14,19-22,28H,1,15-18H2,2-5H3,(H,36,42)(H,34,35,37,38)/t28-/m1/s1. The summed E-state index contributed by atoms with van der Waals surface area (Å²) < 4.78 is 11.8. The average Bonchev–Trinajstić information content (AvgIpc) is 3.55. The maximum Gasteiger partial charge on any atom is 0.255 e. The van der Waals surface area contributed by atoms with Gasteiger partial charge in [0.2, 0.25) is 11.9 Å². The van der Waals surface area contributed by atoms with Crippen molar-refractivity contribution in [2.24, 2.45) is 0 Å². The third-order valence-electron chi connectivity index (χ3n) is 7.18. The zero-order valence-corrected chi connectivity index (χ0v) is 25.9. The lowest BCUT2D eigenvalue weighted by molar-refractivity contribution is -0.111. The van der Waals surface area contributed by atoms with Crippen molar-refractivity contribution in [2.75, 3.05) is 68.5 Å². The molecule has 1 aliphatic heterocycles. The van der Waals surface area contributed by atoms with E-state index in [-0.39, 0.29) is 17.9 Å². The number of amides is 1. The van der Waals surface area contributed by atoms with Crippen molar-refractivity contribution >= 4 is 34.9 Å². The Balaban J connectivity index is 1.39. The van der Waals surface area contributed by atoms with Crippen molar-refractivity contribution in [3.63, 3.8) is 0 Å². The number of methoxy groups -OCH3 is 1. The molecule has 0 spiro atoms. The smallest absolute Gasteiger partial charge is 0.255 e. The summed E-state index contributed by atoms with van der Waals surface area (Å²) >= 11 is 0. The molecule has 1 atom stereocenters. The summed E-state index contributed by atoms with van der Waals surface area (Å²) in [5.74, 6) is 2.34. The van der Waals surface area contributed by atoms with Crippen LogP contribution in [0.3, 0.4) is 0 Å². The first-order chi connectivity index (χ1) is 21.8. The van der Waals surface area contributed by atoms with Crippen LogP contribution >= 0.6 is 0 Å². The molecule has 234 valence electrons. The van der Waals surface area contributed by atoms with E-state index in [1.54, 1.807) is 18.2 Å². The van der Waals surface area contributed by atoms with Gasteiger partial charge in [-0.25, -0.2) is 10.0 Å². The van der Waals surface area contributed by atoms with Crippen LogP contribution in [0.5, 0.6) is 17.2 Å². The monoisotopic (exact) mass is 610 g/mol. The molecule has 12 nitrogen and oxygen atoms in total. The maximum absolute atomic E-state index is 12.3. The summed E-state index contributed by atoms with van der Waals surface area (Å²) in [6, 6.07) is 21.1. The summed E-state index contributed by atoms with van der Waals surface area (Å²) in [7, 11) is 7.57. The molecule has 1 amide bonds. The van der Waals surface area contributed by atoms with E-state index in [0.29, 0.717) is 29.7 Å². The second kappa shape index (κ2) is 14.5. The molecule has 1 aromatic heterocycles. The van der Waals surface area contributed by atoms with Crippen molar-refractivity contribution in [3.05, 3.63) is 91.3 Å². The lowest BCUT2D eigenvalue weighted by Gasteiger charge is -2.26. The van der Waals surface area contributed by atoms with E-state index < -0.39 is 0 Å². The number of para-hydroxylation sites is 1. The van der Waals surface area contributed by atoms with Gasteiger partial charge in [-0.3, -0.25) is 9.63 Å². The zero-order chi connectivity index (χ0) is 31.8. The molecule has 3 aromatic carbocycles. The Morgan fingerprint density at radius 1 is 1.04 bits per heavy atom. The van der Waals surface area contributed by atoms with Crippen molar-refractivity contribution in [2.45, 2.75) is 12.5 Å². The number of ether oxygens (including phenoxy) is 2. The van der Waals surface area contributed by atoms with Crippen LogP contribution in [-0.2, 0) is 9.63 Å². The number of rotatable bonds is 13. The van der Waals surface area contributed by atoms with Gasteiger partial charge in [0, 0.05) is 32.6 Å². The number of hydrogen-bond donors (Lipinski definition) is 2. The number of hydrogen-bond acceptors (Lipinski definition) is 11. The Bertz CT molecular complexity index is 1620. The molecule has 2 heterocycles. The minimum Gasteiger partial charge on any atom is -0.494 e. The van der Waals surface area contributed by atoms with Crippen LogP contribution in [0.2, 0.25) is 0 Å². The molecular weight excluding hydrogens is 572 g/mol. The summed E-state index contributed by atoms with van der Waals surface area (Å²) in [5, 5.41) is 7.84. The number of likely N-dealkylation sites (N-methyl/N-ethyl adjacent to an activating group) is 2. The van der Waals surface area contributed by atoms with Crippen LogP contribution in [-0.4, -0.2) is 73.7 Å². The highest BCUT2D eigenvalue weighted by Crippen LogP contribution is 2.39. The van der Waals surface area contributed by atoms with Gasteiger partial charge < -0.3 is 29.9 Å². The lowest BCUT2D eigenvalue weighted by Crippen LogP contribution is -2.29. The highest BCUT2D eigenvalue weighted by atomic mass is 16.7. The highest BCUT2D eigenvalue weighted by molar-refractivity contribution is 6.02. The summed E-state index contributed by atoms with van der Waals surface area (Å²) in [6.07, 6.45) is 3.40. The normalized spacial score (nSPS) is 14.2. The number of hydroxylamine groups is 1. The van der Waals surface area contributed by atoms with Crippen molar-refractivity contribution in [1.29, 1.82) is 0 Å². The van der Waals surface area contributed by atoms with E-state index in [0.717, 1.165) is 42.3 Å². The van der Waals surface area contributed by atoms with E-state index in [4.69, 9.17) is 14.3 Å². The molecule has 12 heteroatoms. The summed E-state index contributed by atoms with van der Waals surface area (Å²) in [4.78, 5) is 35.9. The Morgan fingerprint density at radius 2 is 1.84 bits per heavy atom. The quantitative estimate of drug-likeness (QED) is 0.189. The van der Waals surface area contributed by atoms with E-state index in [1.807, 2.05) is 81.8 Å². The highest BCUT2D eigenvalue weighted by Gasteiger charge is 2.30. The van der Waals surface area contributed by atoms with Crippen LogP contribution in [0.1, 0.15) is 18.0 Å². The second-order valence-electron chi connectivity index (χ2n) is 10.7. The van der Waals surface area contributed by atoms with Gasteiger partial charge in [-0.05, 0) is 56.1 Å². The van der Waals surface area contributed by atoms with Crippen LogP contribution in [0, 0.1) is 0 Å². The molecule has 0 unspecified atom stereocenters. The first kappa shape index (κ1) is 31.2. The number of carbonyl (C=O) groups is 1. The van der Waals surface area contributed by atoms with Gasteiger partial charge in [-0.15, -0.1) is 0 Å². The maximum atomic E-state index is 12.3. The third-order valence-corrected chi connectivity index (χ3v) is 7.18. The van der Waals surface area contributed by atoms with Gasteiger partial charge in [0.25, 0.3) is 5.95 Å². The SMILES string of the molecule is C=CC(=O)Nc1cc(Nc2ncnc(N3OCC[C@@H]3c3cccc(Oc4ccccc4)c3)n2)c(OC)cc1N(C)CCN(C)C. The molecule has 4 aromatic rings. The average molecular weight is 611 g/mol. The predicted octanol–water partition coefficient (Wildman–Crippen LogP) is 5.42. The molecule has 0 saturated carbocycles. The Labute approximate surface area is 263 Å². The molecule has 1 aliphatic rings. The number of nitrogens with zero attached hydrogens (tertiary/aromatic N) is 6. The Morgan fingerprint density at radius 3 is 2.60 bits per heavy atom. The van der Waals surface area contributed by atoms with Gasteiger partial charge in [0.05, 0.1) is 36.8 Å². The minimum atomic E-state index is -0.328. The topological polar surface area (TPSA) is 117 Å². The van der Waals surface area contributed by atoms with E-state index >= 15 is 0 Å². The zero-order valence-electron chi connectivity index (χ0n) is 25.9. The fourth-order valence-electron chi connectivity index (χ4n) is 4.86. The van der Waals surface area contributed by atoms with Crippen molar-refractivity contribution in [3.8, 4) is 17.2 Å². The van der Waals surface area contributed by atoms with E-state index in [2.05, 4.69) is 42.0 Å². The summed E-state index contributed by atoms with van der Waals surface area (Å²) in [6.45, 7) is 5.65. The number of nitrogens with one attached hydrogen (secondary N) is 2. The van der Waals surface area contributed by atoms with Gasteiger partial charge in [-0.1, -0.05) is 36.9 Å². The molecule has 1 saturated heterocycles. The van der Waals surface area contributed by atoms with Gasteiger partial charge in [0.1, 0.15) is 23.6 Å². The second-order valence-corrected chi connectivity index (χ2v) is 10.7. The molecule has 45 heavy (non-hydrogen) atoms. The number of benzene rings is 3. The fraction of sp³-hybridized carbons (Fsp3) is 0.273. The lowest BCUT2D eigenvalue weighted by atomic mass is 10.0. The van der Waals surface area contributed by atoms with Crippen LogP contribution in [0.4, 0.5) is 29.0 Å². The van der Waals surface area contributed by atoms with E-state index in [1.165, 1.54) is 12.4 Å². The number of carbonyl (C=O) groups excluding carboxylic acids is 1. The molecule has 0 radical (unpaired) electrons. The Hall–Kier alpha value is -5.20. The molecule has 2 N–H and O–H groups in total. The van der Waals surface area contributed by atoms with Gasteiger partial charge in [0.15, 0.2) is 0 Å². The number of anilines is 5. The van der Waals surface area contributed by atoms with E-state index in [9.17, 15) is 4.79 Å². The molecule has 1 fully saturated rings. The first-order valence-electron chi connectivity index (χ1n) is 14.6. The summed E-state index contributed by atoms with van der Waals surface area (Å²) in [5.41, 5.74) is 2.94. The van der Waals surface area contributed by atoms with Crippen molar-refractivity contribution < 1.29 is 19.1 Å². The largest absolute Gasteiger partial charge is 0.494 e. The Kier molecular flexibility index (Phi) is 10.1. The third kappa shape index (κ3) is 7.85. The van der Waals surface area contributed by atoms with Gasteiger partial charge in [-0.2, -0.15) is 9.97 Å². The first-order valence-corrected chi connectivity index (χ1v) is 14.6. The molecule has 0 aliphatic carbocycles. The fourth-order valence-corrected chi connectivity index (χ4v) is 4.86. The van der Waals surface area contributed by atoms with Crippen LogP contribution in [0.25, 0.3) is 0 Å². The molecule has 0 bridgehead atoms. The predicted molar refractivity (Wildman–Crippen MR) is 176 cm³/mol. The van der Waals surface area contributed by atoms with Crippen LogP contribution in [0.15, 0.2) is 85.7 Å². The number of aromatic nitrogens is 3.